The number of piperidine rings is 1. The fourth-order valence-corrected chi connectivity index (χ4v) is 4.29. The quantitative estimate of drug-likeness (QED) is 0.793. The fourth-order valence-electron chi connectivity index (χ4n) is 4.29. The molecule has 2 aliphatic rings. The topological polar surface area (TPSA) is 63.5 Å². The summed E-state index contributed by atoms with van der Waals surface area (Å²) >= 11 is 0. The molecule has 7 heteroatoms. The number of nitrogens with zero attached hydrogens (tertiary/aromatic N) is 5. The van der Waals surface area contributed by atoms with Crippen LogP contribution in [0.2, 0.25) is 0 Å². The highest BCUT2D eigenvalue weighted by Crippen LogP contribution is 2.27. The van der Waals surface area contributed by atoms with Crippen LogP contribution in [0.4, 0.5) is 0 Å². The molecular weight excluding hydrogens is 366 g/mol. The molecule has 156 valence electrons. The summed E-state index contributed by atoms with van der Waals surface area (Å²) in [5.41, 5.74) is 2.95. The summed E-state index contributed by atoms with van der Waals surface area (Å²) in [6.45, 7) is 8.30. The largest absolute Gasteiger partial charge is 0.368 e. The Morgan fingerprint density at radius 2 is 1.93 bits per heavy atom. The van der Waals surface area contributed by atoms with Crippen LogP contribution in [0.3, 0.4) is 0 Å². The van der Waals surface area contributed by atoms with Crippen LogP contribution in [0, 0.1) is 5.92 Å². The van der Waals surface area contributed by atoms with Crippen LogP contribution < -0.4 is 0 Å². The summed E-state index contributed by atoms with van der Waals surface area (Å²) in [6, 6.07) is 4.60. The van der Waals surface area contributed by atoms with Crippen molar-refractivity contribution in [3.8, 4) is 11.1 Å². The smallest absolute Gasteiger partial charge is 0.225 e. The van der Waals surface area contributed by atoms with Crippen molar-refractivity contribution in [2.45, 2.75) is 38.8 Å². The first kappa shape index (κ1) is 20.0. The van der Waals surface area contributed by atoms with E-state index in [-0.39, 0.29) is 17.9 Å². The molecule has 1 amide bonds. The molecule has 0 saturated carbocycles. The predicted octanol–water partition coefficient (Wildman–Crippen LogP) is 2.50. The second kappa shape index (κ2) is 8.63. The molecule has 2 aromatic rings. The molecule has 4 rings (SSSR count). The van der Waals surface area contributed by atoms with Crippen molar-refractivity contribution in [1.29, 1.82) is 0 Å². The van der Waals surface area contributed by atoms with Crippen LogP contribution in [0.5, 0.6) is 0 Å². The number of aromatic nitrogens is 3. The van der Waals surface area contributed by atoms with Crippen LogP contribution in [0.25, 0.3) is 11.1 Å². The lowest BCUT2D eigenvalue weighted by molar-refractivity contribution is -0.145. The van der Waals surface area contributed by atoms with E-state index in [0.29, 0.717) is 25.7 Å². The summed E-state index contributed by atoms with van der Waals surface area (Å²) < 4.78 is 7.73. The van der Waals surface area contributed by atoms with Gasteiger partial charge >= 0.3 is 0 Å². The van der Waals surface area contributed by atoms with Crippen molar-refractivity contribution in [1.82, 2.24) is 24.6 Å². The maximum atomic E-state index is 13.1. The van der Waals surface area contributed by atoms with Crippen molar-refractivity contribution < 1.29 is 9.53 Å². The highest BCUT2D eigenvalue weighted by Gasteiger charge is 2.33. The van der Waals surface area contributed by atoms with E-state index >= 15 is 0 Å². The minimum absolute atomic E-state index is 0.143. The van der Waals surface area contributed by atoms with Gasteiger partial charge in [0.1, 0.15) is 6.10 Å². The van der Waals surface area contributed by atoms with Gasteiger partial charge in [-0.3, -0.25) is 14.5 Å². The normalized spacial score (nSPS) is 21.7. The molecule has 0 unspecified atom stereocenters. The molecule has 0 radical (unpaired) electrons. The van der Waals surface area contributed by atoms with E-state index in [9.17, 15) is 4.79 Å². The minimum atomic E-state index is -0.161. The SMILES string of the molecule is CC(C)N1CCC(C(=O)N2CCO[C@H](c3ccc(-c4cnn(C)c4)cn3)C2)CC1. The molecule has 2 aliphatic heterocycles. The third-order valence-electron chi connectivity index (χ3n) is 6.14. The molecule has 2 fully saturated rings. The summed E-state index contributed by atoms with van der Waals surface area (Å²) in [4.78, 5) is 22.1. The lowest BCUT2D eigenvalue weighted by Gasteiger charge is -2.38. The standard InChI is InChI=1S/C22H31N5O2/c1-16(2)26-8-6-17(7-9-26)22(28)27-10-11-29-21(15-27)20-5-4-18(12-23-20)19-13-24-25(3)14-19/h4-5,12-14,16-17,21H,6-11,15H2,1-3H3/t21-/m0/s1. The lowest BCUT2D eigenvalue weighted by atomic mass is 9.94. The van der Waals surface area contributed by atoms with Crippen LogP contribution >= 0.6 is 0 Å². The van der Waals surface area contributed by atoms with Gasteiger partial charge in [0.25, 0.3) is 0 Å². The maximum Gasteiger partial charge on any atom is 0.225 e. The van der Waals surface area contributed by atoms with Crippen molar-refractivity contribution in [3.63, 3.8) is 0 Å². The van der Waals surface area contributed by atoms with Gasteiger partial charge < -0.3 is 14.5 Å². The second-order valence-electron chi connectivity index (χ2n) is 8.42. The summed E-state index contributed by atoms with van der Waals surface area (Å²) in [7, 11) is 1.90. The number of aryl methyl sites for hydroxylation is 1. The lowest BCUT2D eigenvalue weighted by Crippen LogP contribution is -2.48. The average Bonchev–Trinajstić information content (AvgIpc) is 3.20. The van der Waals surface area contributed by atoms with E-state index in [1.54, 1.807) is 4.68 Å². The van der Waals surface area contributed by atoms with Crippen LogP contribution in [-0.4, -0.2) is 69.3 Å². The number of amides is 1. The number of hydrogen-bond donors (Lipinski definition) is 0. The summed E-state index contributed by atoms with van der Waals surface area (Å²) in [5, 5.41) is 4.21. The molecule has 29 heavy (non-hydrogen) atoms. The van der Waals surface area contributed by atoms with Crippen molar-refractivity contribution >= 4 is 5.91 Å². The van der Waals surface area contributed by atoms with E-state index in [1.165, 1.54) is 0 Å². The Bertz CT molecular complexity index is 824. The average molecular weight is 398 g/mol. The van der Waals surface area contributed by atoms with Gasteiger partial charge in [-0.05, 0) is 45.8 Å². The molecular formula is C22H31N5O2. The first-order chi connectivity index (χ1) is 14.0. The third-order valence-corrected chi connectivity index (χ3v) is 6.14. The van der Waals surface area contributed by atoms with E-state index in [4.69, 9.17) is 4.74 Å². The van der Waals surface area contributed by atoms with Gasteiger partial charge in [-0.15, -0.1) is 0 Å². The van der Waals surface area contributed by atoms with Gasteiger partial charge in [0.2, 0.25) is 5.91 Å². The number of pyridine rings is 1. The fraction of sp³-hybridized carbons (Fsp3) is 0.591. The third kappa shape index (κ3) is 4.51. The highest BCUT2D eigenvalue weighted by molar-refractivity contribution is 5.79. The van der Waals surface area contributed by atoms with E-state index in [1.807, 2.05) is 42.7 Å². The zero-order valence-corrected chi connectivity index (χ0v) is 17.6. The maximum absolute atomic E-state index is 13.1. The van der Waals surface area contributed by atoms with Crippen molar-refractivity contribution in [2.24, 2.45) is 13.0 Å². The molecule has 7 nitrogen and oxygen atoms in total. The Labute approximate surface area is 172 Å². The molecule has 2 aromatic heterocycles. The molecule has 0 bridgehead atoms. The van der Waals surface area contributed by atoms with Gasteiger partial charge in [-0.1, -0.05) is 6.07 Å². The molecule has 1 atom stereocenters. The Morgan fingerprint density at radius 1 is 1.14 bits per heavy atom. The minimum Gasteiger partial charge on any atom is -0.368 e. The number of likely N-dealkylation sites (tertiary alicyclic amines) is 1. The zero-order chi connectivity index (χ0) is 20.4. The molecule has 0 N–H and O–H groups in total. The monoisotopic (exact) mass is 397 g/mol. The van der Waals surface area contributed by atoms with E-state index < -0.39 is 0 Å². The Morgan fingerprint density at radius 3 is 2.55 bits per heavy atom. The molecule has 2 saturated heterocycles. The molecule has 0 spiro atoms. The van der Waals surface area contributed by atoms with E-state index in [2.05, 4.69) is 28.8 Å². The predicted molar refractivity (Wildman–Crippen MR) is 111 cm³/mol. The highest BCUT2D eigenvalue weighted by atomic mass is 16.5. The summed E-state index contributed by atoms with van der Waals surface area (Å²) in [5.74, 6) is 0.429. The van der Waals surface area contributed by atoms with Gasteiger partial charge in [0.05, 0.1) is 25.0 Å². The molecule has 0 aliphatic carbocycles. The second-order valence-corrected chi connectivity index (χ2v) is 8.42. The molecule has 4 heterocycles. The number of hydrogen-bond acceptors (Lipinski definition) is 5. The van der Waals surface area contributed by atoms with Gasteiger partial charge in [0, 0.05) is 49.1 Å². The Kier molecular flexibility index (Phi) is 5.96. The van der Waals surface area contributed by atoms with Gasteiger partial charge in [0.15, 0.2) is 0 Å². The van der Waals surface area contributed by atoms with Crippen LogP contribution in [0.15, 0.2) is 30.7 Å². The number of morpholine rings is 1. The number of carbonyl (C=O) groups is 1. The molecule has 0 aromatic carbocycles. The van der Waals surface area contributed by atoms with Crippen molar-refractivity contribution in [2.75, 3.05) is 32.8 Å². The van der Waals surface area contributed by atoms with Gasteiger partial charge in [-0.2, -0.15) is 5.10 Å². The number of carbonyl (C=O) groups excluding carboxylic acids is 1. The first-order valence-corrected chi connectivity index (χ1v) is 10.6. The van der Waals surface area contributed by atoms with Crippen LogP contribution in [0.1, 0.15) is 38.5 Å². The van der Waals surface area contributed by atoms with Gasteiger partial charge in [-0.25, -0.2) is 0 Å². The zero-order valence-electron chi connectivity index (χ0n) is 17.6. The number of rotatable bonds is 4. The number of ether oxygens (including phenoxy) is 1. The van der Waals surface area contributed by atoms with E-state index in [0.717, 1.165) is 42.8 Å². The first-order valence-electron chi connectivity index (χ1n) is 10.6. The Hall–Kier alpha value is -2.25. The van der Waals surface area contributed by atoms with Crippen LogP contribution in [-0.2, 0) is 16.6 Å². The summed E-state index contributed by atoms with van der Waals surface area (Å²) in [6.07, 6.45) is 7.41. The van der Waals surface area contributed by atoms with Crippen molar-refractivity contribution in [3.05, 3.63) is 36.4 Å². The Balaban J connectivity index is 1.37.